The number of nitrogens with one attached hydrogen (secondary N) is 1. The Morgan fingerprint density at radius 2 is 2.04 bits per heavy atom. The van der Waals surface area contributed by atoms with Gasteiger partial charge in [-0.05, 0) is 37.1 Å². The number of anilines is 1. The molecular weight excluding hydrogens is 371 g/mol. The van der Waals surface area contributed by atoms with Crippen LogP contribution in [-0.4, -0.2) is 37.6 Å². The zero-order valence-corrected chi connectivity index (χ0v) is 16.1. The lowest BCUT2D eigenvalue weighted by Crippen LogP contribution is -2.35. The zero-order valence-electron chi connectivity index (χ0n) is 15.3. The number of methoxy groups -OCH3 is 2. The molecule has 1 saturated carbocycles. The highest BCUT2D eigenvalue weighted by Crippen LogP contribution is 2.32. The summed E-state index contributed by atoms with van der Waals surface area (Å²) in [4.78, 5) is 14.6. The van der Waals surface area contributed by atoms with Crippen molar-refractivity contribution in [1.29, 1.82) is 0 Å². The number of rotatable bonds is 8. The van der Waals surface area contributed by atoms with Crippen LogP contribution in [0.3, 0.4) is 0 Å². The molecule has 1 fully saturated rings. The predicted molar refractivity (Wildman–Crippen MR) is 103 cm³/mol. The fourth-order valence-corrected chi connectivity index (χ4v) is 3.15. The van der Waals surface area contributed by atoms with E-state index in [2.05, 4.69) is 5.32 Å². The number of hydrogen-bond donors (Lipinski definition) is 1. The topological polar surface area (TPSA) is 50.8 Å². The maximum Gasteiger partial charge on any atom is 0.238 e. The highest BCUT2D eigenvalue weighted by molar-refractivity contribution is 6.31. The summed E-state index contributed by atoms with van der Waals surface area (Å²) in [5.74, 6) is 0.589. The van der Waals surface area contributed by atoms with Crippen LogP contribution in [0, 0.1) is 5.82 Å². The Hall–Kier alpha value is -2.31. The minimum atomic E-state index is -0.358. The van der Waals surface area contributed by atoms with Crippen LogP contribution in [-0.2, 0) is 11.3 Å². The van der Waals surface area contributed by atoms with Crippen LogP contribution in [0.5, 0.6) is 11.5 Å². The first-order valence-electron chi connectivity index (χ1n) is 8.70. The van der Waals surface area contributed by atoms with Gasteiger partial charge in [0.1, 0.15) is 17.3 Å². The first kappa shape index (κ1) is 19.5. The molecule has 2 aromatic carbocycles. The van der Waals surface area contributed by atoms with Gasteiger partial charge in [-0.1, -0.05) is 17.7 Å². The molecule has 0 atom stereocenters. The number of carbonyl (C=O) groups is 1. The molecule has 1 amide bonds. The molecule has 3 rings (SSSR count). The van der Waals surface area contributed by atoms with Crippen LogP contribution in [0.1, 0.15) is 18.4 Å². The third kappa shape index (κ3) is 4.90. The normalized spacial score (nSPS) is 13.5. The molecule has 5 nitrogen and oxygen atoms in total. The van der Waals surface area contributed by atoms with E-state index < -0.39 is 0 Å². The molecule has 0 spiro atoms. The van der Waals surface area contributed by atoms with Crippen molar-refractivity contribution in [2.45, 2.75) is 25.4 Å². The van der Waals surface area contributed by atoms with Crippen molar-refractivity contribution in [3.8, 4) is 11.5 Å². The summed E-state index contributed by atoms with van der Waals surface area (Å²) >= 11 is 6.14. The Kier molecular flexibility index (Phi) is 6.19. The molecule has 144 valence electrons. The summed E-state index contributed by atoms with van der Waals surface area (Å²) in [6.45, 7) is 0.425. The molecule has 1 aliphatic rings. The van der Waals surface area contributed by atoms with Gasteiger partial charge in [-0.25, -0.2) is 4.39 Å². The molecule has 2 aromatic rings. The Bertz CT molecular complexity index is 807. The molecule has 1 aliphatic carbocycles. The summed E-state index contributed by atoms with van der Waals surface area (Å²) < 4.78 is 24.6. The SMILES string of the molecule is COc1ccc(OC)c(NC(=O)CN(Cc2c(F)cccc2Cl)C2CC2)c1. The Morgan fingerprint density at radius 3 is 2.67 bits per heavy atom. The van der Waals surface area contributed by atoms with Crippen LogP contribution in [0.2, 0.25) is 5.02 Å². The Morgan fingerprint density at radius 1 is 1.26 bits per heavy atom. The van der Waals surface area contributed by atoms with Gasteiger partial charge in [0.05, 0.1) is 26.5 Å². The molecule has 27 heavy (non-hydrogen) atoms. The Balaban J connectivity index is 1.71. The first-order valence-corrected chi connectivity index (χ1v) is 9.08. The van der Waals surface area contributed by atoms with Crippen molar-refractivity contribution in [2.75, 3.05) is 26.1 Å². The standard InChI is InChI=1S/C20H22ClFN2O3/c1-26-14-8-9-19(27-2)18(10-14)23-20(25)12-24(13-6-7-13)11-15-16(21)4-3-5-17(15)22/h3-5,8-10,13H,6-7,11-12H2,1-2H3,(H,23,25). The van der Waals surface area contributed by atoms with Crippen molar-refractivity contribution < 1.29 is 18.7 Å². The lowest BCUT2D eigenvalue weighted by Gasteiger charge is -2.22. The number of amides is 1. The number of carbonyl (C=O) groups excluding carboxylic acids is 1. The highest BCUT2D eigenvalue weighted by atomic mass is 35.5. The highest BCUT2D eigenvalue weighted by Gasteiger charge is 2.31. The van der Waals surface area contributed by atoms with E-state index in [0.29, 0.717) is 34.3 Å². The molecule has 1 N–H and O–H groups in total. The van der Waals surface area contributed by atoms with Gasteiger partial charge in [-0.2, -0.15) is 0 Å². The van der Waals surface area contributed by atoms with Gasteiger partial charge in [-0.3, -0.25) is 9.69 Å². The first-order chi connectivity index (χ1) is 13.0. The summed E-state index contributed by atoms with van der Waals surface area (Å²) in [6, 6.07) is 10.1. The average molecular weight is 393 g/mol. The van der Waals surface area contributed by atoms with E-state index in [-0.39, 0.29) is 24.3 Å². The largest absolute Gasteiger partial charge is 0.497 e. The molecule has 7 heteroatoms. The molecule has 0 bridgehead atoms. The van der Waals surface area contributed by atoms with E-state index in [4.69, 9.17) is 21.1 Å². The lowest BCUT2D eigenvalue weighted by molar-refractivity contribution is -0.117. The van der Waals surface area contributed by atoms with Crippen molar-refractivity contribution in [3.05, 3.63) is 52.8 Å². The van der Waals surface area contributed by atoms with E-state index in [1.807, 2.05) is 4.90 Å². The minimum absolute atomic E-state index is 0.135. The van der Waals surface area contributed by atoms with Crippen molar-refractivity contribution in [3.63, 3.8) is 0 Å². The summed E-state index contributed by atoms with van der Waals surface area (Å²) in [5, 5.41) is 3.22. The van der Waals surface area contributed by atoms with E-state index in [1.165, 1.54) is 13.2 Å². The van der Waals surface area contributed by atoms with E-state index >= 15 is 0 Å². The van der Waals surface area contributed by atoms with Gasteiger partial charge in [-0.15, -0.1) is 0 Å². The molecular formula is C20H22ClFN2O3. The lowest BCUT2D eigenvalue weighted by atomic mass is 10.2. The third-order valence-corrected chi connectivity index (χ3v) is 4.87. The average Bonchev–Trinajstić information content (AvgIpc) is 3.49. The number of benzene rings is 2. The smallest absolute Gasteiger partial charge is 0.238 e. The molecule has 0 radical (unpaired) electrons. The van der Waals surface area contributed by atoms with Crippen molar-refractivity contribution >= 4 is 23.2 Å². The monoisotopic (exact) mass is 392 g/mol. The summed E-state index contributed by atoms with van der Waals surface area (Å²) in [7, 11) is 3.09. The van der Waals surface area contributed by atoms with Crippen LogP contribution in [0.15, 0.2) is 36.4 Å². The van der Waals surface area contributed by atoms with Gasteiger partial charge < -0.3 is 14.8 Å². The van der Waals surface area contributed by atoms with Crippen LogP contribution in [0.4, 0.5) is 10.1 Å². The zero-order chi connectivity index (χ0) is 19.4. The maximum absolute atomic E-state index is 14.1. The fraction of sp³-hybridized carbons (Fsp3) is 0.350. The van der Waals surface area contributed by atoms with Crippen molar-refractivity contribution in [1.82, 2.24) is 4.90 Å². The molecule has 0 aliphatic heterocycles. The van der Waals surface area contributed by atoms with E-state index in [0.717, 1.165) is 12.8 Å². The van der Waals surface area contributed by atoms with Crippen molar-refractivity contribution in [2.24, 2.45) is 0 Å². The van der Waals surface area contributed by atoms with Gasteiger partial charge in [0, 0.05) is 29.2 Å². The van der Waals surface area contributed by atoms with Gasteiger partial charge in [0.15, 0.2) is 0 Å². The van der Waals surface area contributed by atoms with Gasteiger partial charge in [0.25, 0.3) is 0 Å². The molecule has 0 saturated heterocycles. The summed E-state index contributed by atoms with van der Waals surface area (Å²) in [6.07, 6.45) is 1.98. The molecule has 0 aromatic heterocycles. The van der Waals surface area contributed by atoms with Crippen LogP contribution < -0.4 is 14.8 Å². The predicted octanol–water partition coefficient (Wildman–Crippen LogP) is 4.10. The quantitative estimate of drug-likeness (QED) is 0.734. The van der Waals surface area contributed by atoms with E-state index in [9.17, 15) is 9.18 Å². The maximum atomic E-state index is 14.1. The molecule has 0 heterocycles. The number of halogens is 2. The number of nitrogens with zero attached hydrogens (tertiary/aromatic N) is 1. The second kappa shape index (κ2) is 8.59. The molecule has 0 unspecified atom stereocenters. The third-order valence-electron chi connectivity index (χ3n) is 4.51. The number of hydrogen-bond acceptors (Lipinski definition) is 4. The van der Waals surface area contributed by atoms with Gasteiger partial charge >= 0.3 is 0 Å². The number of ether oxygens (including phenoxy) is 2. The second-order valence-corrected chi connectivity index (χ2v) is 6.86. The Labute approximate surface area is 163 Å². The summed E-state index contributed by atoms with van der Waals surface area (Å²) in [5.41, 5.74) is 0.944. The van der Waals surface area contributed by atoms with Crippen LogP contribution in [0.25, 0.3) is 0 Å². The fourth-order valence-electron chi connectivity index (χ4n) is 2.93. The van der Waals surface area contributed by atoms with Crippen LogP contribution >= 0.6 is 11.6 Å². The minimum Gasteiger partial charge on any atom is -0.497 e. The second-order valence-electron chi connectivity index (χ2n) is 6.45. The van der Waals surface area contributed by atoms with Gasteiger partial charge in [0.2, 0.25) is 5.91 Å². The van der Waals surface area contributed by atoms with E-state index in [1.54, 1.807) is 37.4 Å².